The lowest BCUT2D eigenvalue weighted by molar-refractivity contribution is -0.380. The van der Waals surface area contributed by atoms with Crippen molar-refractivity contribution in [3.8, 4) is 0 Å². The molecule has 0 aliphatic heterocycles. The van der Waals surface area contributed by atoms with Gasteiger partial charge in [-0.1, -0.05) is 17.4 Å². The number of hydrogen-bond donors (Lipinski definition) is 1. The molecule has 0 bridgehead atoms. The van der Waals surface area contributed by atoms with Gasteiger partial charge in [0.1, 0.15) is 5.60 Å². The Balaban J connectivity index is 2.28. The molecule has 6 nitrogen and oxygen atoms in total. The highest BCUT2D eigenvalue weighted by molar-refractivity contribution is 7.16. The largest absolute Gasteiger partial charge is 0.444 e. The van der Waals surface area contributed by atoms with Crippen molar-refractivity contribution in [1.29, 1.82) is 0 Å². The van der Waals surface area contributed by atoms with E-state index in [4.69, 9.17) is 4.74 Å². The summed E-state index contributed by atoms with van der Waals surface area (Å²) in [6.07, 6.45) is 3.84. The van der Waals surface area contributed by atoms with Gasteiger partial charge in [0.25, 0.3) is 0 Å². The second-order valence-corrected chi connectivity index (χ2v) is 6.15. The summed E-state index contributed by atoms with van der Waals surface area (Å²) in [6, 6.07) is 3.17. The first-order chi connectivity index (χ1) is 9.28. The fourth-order valence-corrected chi connectivity index (χ4v) is 2.05. The molecule has 110 valence electrons. The average molecular weight is 298 g/mol. The SMILES string of the molecule is CC(C)(C)OC(=O)NCCC=Cc1ccc([N+](=O)[O-])s1. The zero-order valence-corrected chi connectivity index (χ0v) is 12.5. The average Bonchev–Trinajstić information content (AvgIpc) is 2.75. The highest BCUT2D eigenvalue weighted by Gasteiger charge is 2.15. The van der Waals surface area contributed by atoms with Crippen molar-refractivity contribution in [3.63, 3.8) is 0 Å². The zero-order chi connectivity index (χ0) is 15.2. The Hall–Kier alpha value is -1.89. The first-order valence-electron chi connectivity index (χ1n) is 6.15. The van der Waals surface area contributed by atoms with Crippen molar-refractivity contribution in [2.24, 2.45) is 0 Å². The van der Waals surface area contributed by atoms with E-state index in [9.17, 15) is 14.9 Å². The van der Waals surface area contributed by atoms with Crippen LogP contribution in [-0.2, 0) is 4.74 Å². The van der Waals surface area contributed by atoms with Gasteiger partial charge in [-0.3, -0.25) is 10.1 Å². The number of ether oxygens (including phenoxy) is 1. The number of nitro groups is 1. The number of amides is 1. The Morgan fingerprint density at radius 1 is 1.50 bits per heavy atom. The minimum Gasteiger partial charge on any atom is -0.444 e. The van der Waals surface area contributed by atoms with E-state index in [2.05, 4.69) is 5.32 Å². The number of rotatable bonds is 5. The number of carbonyl (C=O) groups excluding carboxylic acids is 1. The molecule has 0 saturated heterocycles. The Morgan fingerprint density at radius 2 is 2.20 bits per heavy atom. The normalized spacial score (nSPS) is 11.6. The summed E-state index contributed by atoms with van der Waals surface area (Å²) in [6.45, 7) is 5.86. The number of carbonyl (C=O) groups is 1. The minimum absolute atomic E-state index is 0.122. The smallest absolute Gasteiger partial charge is 0.407 e. The van der Waals surface area contributed by atoms with Crippen LogP contribution in [0.5, 0.6) is 0 Å². The molecular formula is C13H18N2O4S. The van der Waals surface area contributed by atoms with Gasteiger partial charge in [0.15, 0.2) is 0 Å². The van der Waals surface area contributed by atoms with Crippen LogP contribution in [0, 0.1) is 10.1 Å². The molecule has 0 spiro atoms. The lowest BCUT2D eigenvalue weighted by Gasteiger charge is -2.19. The maximum absolute atomic E-state index is 11.3. The van der Waals surface area contributed by atoms with Crippen LogP contribution in [0.3, 0.4) is 0 Å². The van der Waals surface area contributed by atoms with E-state index in [0.717, 1.165) is 16.2 Å². The van der Waals surface area contributed by atoms with Gasteiger partial charge in [-0.25, -0.2) is 4.79 Å². The summed E-state index contributed by atoms with van der Waals surface area (Å²) in [5, 5.41) is 13.3. The molecule has 0 radical (unpaired) electrons. The van der Waals surface area contributed by atoms with E-state index < -0.39 is 16.6 Å². The Labute approximate surface area is 121 Å². The number of nitrogens with zero attached hydrogens (tertiary/aromatic N) is 1. The molecule has 0 saturated carbocycles. The lowest BCUT2D eigenvalue weighted by atomic mass is 10.2. The topological polar surface area (TPSA) is 81.5 Å². The highest BCUT2D eigenvalue weighted by atomic mass is 32.1. The molecule has 0 aliphatic carbocycles. The van der Waals surface area contributed by atoms with E-state index in [1.807, 2.05) is 6.08 Å². The molecular weight excluding hydrogens is 280 g/mol. The minimum atomic E-state index is -0.504. The summed E-state index contributed by atoms with van der Waals surface area (Å²) in [4.78, 5) is 22.3. The fraction of sp³-hybridized carbons (Fsp3) is 0.462. The highest BCUT2D eigenvalue weighted by Crippen LogP contribution is 2.24. The molecule has 1 aromatic rings. The van der Waals surface area contributed by atoms with Gasteiger partial charge in [-0.15, -0.1) is 0 Å². The van der Waals surface area contributed by atoms with Gasteiger partial charge in [0.05, 0.1) is 4.92 Å². The van der Waals surface area contributed by atoms with Gasteiger partial charge in [-0.2, -0.15) is 0 Å². The van der Waals surface area contributed by atoms with Crippen molar-refractivity contribution >= 4 is 28.5 Å². The maximum Gasteiger partial charge on any atom is 0.407 e. The maximum atomic E-state index is 11.3. The van der Waals surface area contributed by atoms with Gasteiger partial charge in [-0.05, 0) is 39.3 Å². The molecule has 20 heavy (non-hydrogen) atoms. The molecule has 1 aromatic heterocycles. The summed E-state index contributed by atoms with van der Waals surface area (Å²) in [5.74, 6) is 0. The van der Waals surface area contributed by atoms with Crippen molar-refractivity contribution in [2.45, 2.75) is 32.8 Å². The lowest BCUT2D eigenvalue weighted by Crippen LogP contribution is -2.32. The van der Waals surface area contributed by atoms with Crippen LogP contribution in [0.2, 0.25) is 0 Å². The van der Waals surface area contributed by atoms with Crippen LogP contribution in [0.25, 0.3) is 6.08 Å². The van der Waals surface area contributed by atoms with E-state index in [1.165, 1.54) is 6.07 Å². The summed E-state index contributed by atoms with van der Waals surface area (Å²) in [5.41, 5.74) is -0.504. The van der Waals surface area contributed by atoms with Gasteiger partial charge < -0.3 is 10.1 Å². The van der Waals surface area contributed by atoms with Crippen LogP contribution >= 0.6 is 11.3 Å². The van der Waals surface area contributed by atoms with Gasteiger partial charge in [0, 0.05) is 17.5 Å². The van der Waals surface area contributed by atoms with Crippen LogP contribution < -0.4 is 5.32 Å². The molecule has 1 heterocycles. The van der Waals surface area contributed by atoms with Crippen molar-refractivity contribution < 1.29 is 14.5 Å². The van der Waals surface area contributed by atoms with Crippen LogP contribution in [0.1, 0.15) is 32.1 Å². The standard InChI is InChI=1S/C13H18N2O4S/c1-13(2,3)19-12(16)14-9-5-4-6-10-7-8-11(20-10)15(17)18/h4,6-8H,5,9H2,1-3H3,(H,14,16). The Bertz CT molecular complexity index is 503. The molecule has 1 N–H and O–H groups in total. The Kier molecular flexibility index (Phi) is 5.69. The quantitative estimate of drug-likeness (QED) is 0.511. The predicted octanol–water partition coefficient (Wildman–Crippen LogP) is 3.58. The molecule has 0 atom stereocenters. The van der Waals surface area contributed by atoms with E-state index in [1.54, 1.807) is 32.9 Å². The fourth-order valence-electron chi connectivity index (χ4n) is 1.30. The third kappa shape index (κ3) is 6.33. The summed E-state index contributed by atoms with van der Waals surface area (Å²) >= 11 is 1.12. The predicted molar refractivity (Wildman–Crippen MR) is 78.9 cm³/mol. The monoisotopic (exact) mass is 298 g/mol. The van der Waals surface area contributed by atoms with Crippen LogP contribution in [0.15, 0.2) is 18.2 Å². The second-order valence-electron chi connectivity index (χ2n) is 5.05. The van der Waals surface area contributed by atoms with E-state index >= 15 is 0 Å². The molecule has 0 unspecified atom stereocenters. The number of nitrogens with one attached hydrogen (secondary N) is 1. The third-order valence-electron chi connectivity index (χ3n) is 2.05. The number of alkyl carbamates (subject to hydrolysis) is 1. The van der Waals surface area contributed by atoms with Gasteiger partial charge in [0.2, 0.25) is 0 Å². The molecule has 0 aliphatic rings. The first-order valence-corrected chi connectivity index (χ1v) is 6.97. The van der Waals surface area contributed by atoms with Crippen molar-refractivity contribution in [3.05, 3.63) is 33.2 Å². The van der Waals surface area contributed by atoms with Crippen LogP contribution in [0.4, 0.5) is 9.80 Å². The van der Waals surface area contributed by atoms with E-state index in [0.29, 0.717) is 13.0 Å². The molecule has 7 heteroatoms. The van der Waals surface area contributed by atoms with Gasteiger partial charge >= 0.3 is 11.1 Å². The molecule has 1 amide bonds. The molecule has 0 fully saturated rings. The summed E-state index contributed by atoms with van der Waals surface area (Å²) < 4.78 is 5.09. The molecule has 0 aromatic carbocycles. The summed E-state index contributed by atoms with van der Waals surface area (Å²) in [7, 11) is 0. The van der Waals surface area contributed by atoms with Crippen LogP contribution in [-0.4, -0.2) is 23.2 Å². The molecule has 1 rings (SSSR count). The third-order valence-corrected chi connectivity index (χ3v) is 3.06. The van der Waals surface area contributed by atoms with Crippen molar-refractivity contribution in [2.75, 3.05) is 6.54 Å². The zero-order valence-electron chi connectivity index (χ0n) is 11.7. The van der Waals surface area contributed by atoms with Crippen molar-refractivity contribution in [1.82, 2.24) is 5.32 Å². The van der Waals surface area contributed by atoms with E-state index in [-0.39, 0.29) is 5.00 Å². The number of hydrogen-bond acceptors (Lipinski definition) is 5. The number of thiophene rings is 1. The first kappa shape index (κ1) is 16.2. The Morgan fingerprint density at radius 3 is 2.75 bits per heavy atom. The second kappa shape index (κ2) is 7.04.